The van der Waals surface area contributed by atoms with Crippen molar-refractivity contribution in [3.63, 3.8) is 0 Å². The zero-order valence-electron chi connectivity index (χ0n) is 15.0. The van der Waals surface area contributed by atoms with Gasteiger partial charge < -0.3 is 14.8 Å². The van der Waals surface area contributed by atoms with Crippen LogP contribution in [0, 0.1) is 16.0 Å². The second-order valence-electron chi connectivity index (χ2n) is 6.30. The minimum Gasteiger partial charge on any atom is -0.494 e. The van der Waals surface area contributed by atoms with Gasteiger partial charge in [0.05, 0.1) is 6.61 Å². The maximum absolute atomic E-state index is 12.0. The van der Waals surface area contributed by atoms with Crippen LogP contribution in [0.2, 0.25) is 0 Å². The molecule has 1 aliphatic carbocycles. The van der Waals surface area contributed by atoms with Crippen LogP contribution in [0.15, 0.2) is 42.6 Å². The highest BCUT2D eigenvalue weighted by molar-refractivity contribution is 5.82. The number of carbonyl (C=O) groups is 1. The Hall–Kier alpha value is -3.16. The summed E-state index contributed by atoms with van der Waals surface area (Å²) in [6, 6.07) is 9.98. The molecule has 1 amide bonds. The summed E-state index contributed by atoms with van der Waals surface area (Å²) in [6.45, 7) is 2.89. The number of hydrogen-bond donors (Lipinski definition) is 1. The number of nitrogens with zero attached hydrogens (tertiary/aromatic N) is 2. The Morgan fingerprint density at radius 3 is 2.70 bits per heavy atom. The van der Waals surface area contributed by atoms with Crippen LogP contribution in [0.3, 0.4) is 0 Å². The fourth-order valence-corrected chi connectivity index (χ4v) is 2.60. The molecule has 2 aromatic rings. The Kier molecular flexibility index (Phi) is 5.85. The average molecular weight is 371 g/mol. The third kappa shape index (κ3) is 4.93. The first-order valence-corrected chi connectivity index (χ1v) is 8.84. The molecule has 0 spiro atoms. The van der Waals surface area contributed by atoms with Gasteiger partial charge in [-0.2, -0.15) is 0 Å². The minimum absolute atomic E-state index is 0.195. The standard InChI is InChI=1S/C19H21N3O5/c1-2-10-26-14-5-7-15(8-6-14)27-19-13(4-3-9-20-19)12-21-18(23)16-11-17(16)22(24)25/h3-9,16-17H,2,10-12H2,1H3,(H,21,23). The van der Waals surface area contributed by atoms with E-state index < -0.39 is 16.9 Å². The van der Waals surface area contributed by atoms with Crippen LogP contribution in [0.5, 0.6) is 17.4 Å². The lowest BCUT2D eigenvalue weighted by Crippen LogP contribution is -2.27. The average Bonchev–Trinajstić information content (AvgIpc) is 3.48. The predicted molar refractivity (Wildman–Crippen MR) is 97.3 cm³/mol. The quantitative estimate of drug-likeness (QED) is 0.537. The van der Waals surface area contributed by atoms with Crippen LogP contribution in [0.1, 0.15) is 25.3 Å². The molecule has 1 aromatic heterocycles. The number of nitro groups is 1. The Morgan fingerprint density at radius 1 is 1.30 bits per heavy atom. The van der Waals surface area contributed by atoms with E-state index in [4.69, 9.17) is 9.47 Å². The van der Waals surface area contributed by atoms with Crippen LogP contribution in [-0.4, -0.2) is 28.5 Å². The van der Waals surface area contributed by atoms with Crippen LogP contribution >= 0.6 is 0 Å². The molecule has 0 aliphatic heterocycles. The van der Waals surface area contributed by atoms with Gasteiger partial charge in [0.2, 0.25) is 17.8 Å². The van der Waals surface area contributed by atoms with Crippen molar-refractivity contribution in [2.24, 2.45) is 5.92 Å². The smallest absolute Gasteiger partial charge is 0.230 e. The molecular weight excluding hydrogens is 350 g/mol. The highest BCUT2D eigenvalue weighted by Crippen LogP contribution is 2.33. The molecule has 0 bridgehead atoms. The highest BCUT2D eigenvalue weighted by atomic mass is 16.6. The number of aromatic nitrogens is 1. The molecule has 1 N–H and O–H groups in total. The summed E-state index contributed by atoms with van der Waals surface area (Å²) in [5.74, 6) is 0.880. The summed E-state index contributed by atoms with van der Waals surface area (Å²) in [5.41, 5.74) is 0.690. The SMILES string of the molecule is CCCOc1ccc(Oc2ncccc2CNC(=O)C2CC2[N+](=O)[O-])cc1. The first-order chi connectivity index (χ1) is 13.1. The second-order valence-corrected chi connectivity index (χ2v) is 6.30. The van der Waals surface area contributed by atoms with Crippen molar-refractivity contribution < 1.29 is 19.2 Å². The second kappa shape index (κ2) is 8.48. The van der Waals surface area contributed by atoms with Crippen molar-refractivity contribution >= 4 is 5.91 Å². The summed E-state index contributed by atoms with van der Waals surface area (Å²) in [6.07, 6.45) is 2.83. The van der Waals surface area contributed by atoms with E-state index in [1.807, 2.05) is 19.1 Å². The van der Waals surface area contributed by atoms with Gasteiger partial charge in [-0.05, 0) is 36.8 Å². The molecule has 1 saturated carbocycles. The zero-order valence-corrected chi connectivity index (χ0v) is 15.0. The number of ether oxygens (including phenoxy) is 2. The molecule has 1 aromatic carbocycles. The maximum atomic E-state index is 12.0. The van der Waals surface area contributed by atoms with Crippen molar-refractivity contribution in [2.75, 3.05) is 6.61 Å². The number of pyridine rings is 1. The molecule has 142 valence electrons. The molecule has 8 nitrogen and oxygen atoms in total. The van der Waals surface area contributed by atoms with E-state index in [1.165, 1.54) is 0 Å². The number of nitrogens with one attached hydrogen (secondary N) is 1. The zero-order chi connectivity index (χ0) is 19.2. The van der Waals surface area contributed by atoms with Crippen molar-refractivity contribution in [2.45, 2.75) is 32.4 Å². The molecule has 3 rings (SSSR count). The summed E-state index contributed by atoms with van der Waals surface area (Å²) >= 11 is 0. The summed E-state index contributed by atoms with van der Waals surface area (Å²) in [5, 5.41) is 13.4. The fourth-order valence-electron chi connectivity index (χ4n) is 2.60. The summed E-state index contributed by atoms with van der Waals surface area (Å²) < 4.78 is 11.3. The number of benzene rings is 1. The predicted octanol–water partition coefficient (Wildman–Crippen LogP) is 2.94. The molecule has 1 heterocycles. The van der Waals surface area contributed by atoms with Crippen LogP contribution in [0.4, 0.5) is 0 Å². The Morgan fingerprint density at radius 2 is 2.04 bits per heavy atom. The van der Waals surface area contributed by atoms with E-state index in [-0.39, 0.29) is 12.5 Å². The number of amides is 1. The fraction of sp³-hybridized carbons (Fsp3) is 0.368. The van der Waals surface area contributed by atoms with Gasteiger partial charge in [0.25, 0.3) is 0 Å². The van der Waals surface area contributed by atoms with E-state index >= 15 is 0 Å². The van der Waals surface area contributed by atoms with Crippen LogP contribution in [-0.2, 0) is 11.3 Å². The number of rotatable bonds is 9. The van der Waals surface area contributed by atoms with Crippen molar-refractivity contribution in [3.05, 3.63) is 58.3 Å². The molecule has 2 atom stereocenters. The molecule has 0 saturated heterocycles. The van der Waals surface area contributed by atoms with Gasteiger partial charge in [-0.3, -0.25) is 14.9 Å². The van der Waals surface area contributed by atoms with Gasteiger partial charge >= 0.3 is 0 Å². The number of hydrogen-bond acceptors (Lipinski definition) is 6. The van der Waals surface area contributed by atoms with E-state index in [1.54, 1.807) is 30.5 Å². The van der Waals surface area contributed by atoms with Crippen molar-refractivity contribution in [3.8, 4) is 17.4 Å². The first kappa shape index (κ1) is 18.6. The largest absolute Gasteiger partial charge is 0.494 e. The Labute approximate surface area is 156 Å². The number of carbonyl (C=O) groups excluding carboxylic acids is 1. The Balaban J connectivity index is 1.59. The van der Waals surface area contributed by atoms with Gasteiger partial charge in [-0.1, -0.05) is 13.0 Å². The van der Waals surface area contributed by atoms with Gasteiger partial charge in [0.1, 0.15) is 17.4 Å². The first-order valence-electron chi connectivity index (χ1n) is 8.84. The van der Waals surface area contributed by atoms with E-state index in [2.05, 4.69) is 10.3 Å². The van der Waals surface area contributed by atoms with Crippen LogP contribution < -0.4 is 14.8 Å². The summed E-state index contributed by atoms with van der Waals surface area (Å²) in [7, 11) is 0. The van der Waals surface area contributed by atoms with Crippen molar-refractivity contribution in [1.29, 1.82) is 0 Å². The third-order valence-corrected chi connectivity index (χ3v) is 4.18. The maximum Gasteiger partial charge on any atom is 0.230 e. The third-order valence-electron chi connectivity index (χ3n) is 4.18. The van der Waals surface area contributed by atoms with E-state index in [0.29, 0.717) is 30.2 Å². The minimum atomic E-state index is -0.761. The van der Waals surface area contributed by atoms with Crippen molar-refractivity contribution in [1.82, 2.24) is 10.3 Å². The van der Waals surface area contributed by atoms with Gasteiger partial charge in [0.15, 0.2) is 0 Å². The normalized spacial score (nSPS) is 17.8. The summed E-state index contributed by atoms with van der Waals surface area (Å²) in [4.78, 5) is 26.5. The molecule has 2 unspecified atom stereocenters. The lowest BCUT2D eigenvalue weighted by molar-refractivity contribution is -0.497. The highest BCUT2D eigenvalue weighted by Gasteiger charge is 2.53. The van der Waals surface area contributed by atoms with Crippen LogP contribution in [0.25, 0.3) is 0 Å². The molecule has 1 aliphatic rings. The molecule has 0 radical (unpaired) electrons. The lowest BCUT2D eigenvalue weighted by Gasteiger charge is -2.11. The Bertz CT molecular complexity index is 809. The van der Waals surface area contributed by atoms with E-state index in [0.717, 1.165) is 12.2 Å². The molecule has 27 heavy (non-hydrogen) atoms. The molecule has 1 fully saturated rings. The topological polar surface area (TPSA) is 104 Å². The van der Waals surface area contributed by atoms with Gasteiger partial charge in [0, 0.05) is 29.6 Å². The van der Waals surface area contributed by atoms with E-state index in [9.17, 15) is 14.9 Å². The molecular formula is C19H21N3O5. The van der Waals surface area contributed by atoms with Gasteiger partial charge in [-0.25, -0.2) is 4.98 Å². The molecule has 8 heteroatoms. The van der Waals surface area contributed by atoms with Gasteiger partial charge in [-0.15, -0.1) is 0 Å². The lowest BCUT2D eigenvalue weighted by atomic mass is 10.2. The monoisotopic (exact) mass is 371 g/mol.